The average Bonchev–Trinajstić information content (AvgIpc) is 2.44. The second-order valence-electron chi connectivity index (χ2n) is 6.26. The number of carbonyl (C=O) groups excluding carboxylic acids is 2. The zero-order chi connectivity index (χ0) is 15.1. The van der Waals surface area contributed by atoms with E-state index in [1.54, 1.807) is 6.92 Å². The Kier molecular flexibility index (Phi) is 6.99. The average molecular weight is 283 g/mol. The summed E-state index contributed by atoms with van der Waals surface area (Å²) in [6.45, 7) is 6.99. The van der Waals surface area contributed by atoms with Crippen molar-refractivity contribution in [1.29, 1.82) is 0 Å². The Balaban J connectivity index is 2.45. The minimum Gasteiger partial charge on any atom is -0.354 e. The SMILES string of the molecule is CC(C)CNC(=O)C(C)NC(=O)C1CCCCC1CN. The highest BCUT2D eigenvalue weighted by atomic mass is 16.2. The van der Waals surface area contributed by atoms with E-state index in [9.17, 15) is 9.59 Å². The first kappa shape index (κ1) is 17.0. The fourth-order valence-corrected chi connectivity index (χ4v) is 2.68. The molecule has 5 heteroatoms. The number of amides is 2. The molecule has 5 nitrogen and oxygen atoms in total. The van der Waals surface area contributed by atoms with Gasteiger partial charge in [-0.25, -0.2) is 0 Å². The molecule has 116 valence electrons. The zero-order valence-corrected chi connectivity index (χ0v) is 12.9. The van der Waals surface area contributed by atoms with Crippen LogP contribution in [0.1, 0.15) is 46.5 Å². The third kappa shape index (κ3) is 5.12. The lowest BCUT2D eigenvalue weighted by molar-refractivity contribution is -0.132. The fourth-order valence-electron chi connectivity index (χ4n) is 2.68. The minimum absolute atomic E-state index is 0.0210. The number of hydrogen-bond donors (Lipinski definition) is 3. The van der Waals surface area contributed by atoms with Crippen molar-refractivity contribution in [2.24, 2.45) is 23.5 Å². The summed E-state index contributed by atoms with van der Waals surface area (Å²) in [7, 11) is 0. The van der Waals surface area contributed by atoms with E-state index >= 15 is 0 Å². The second kappa shape index (κ2) is 8.25. The maximum Gasteiger partial charge on any atom is 0.242 e. The molecule has 20 heavy (non-hydrogen) atoms. The molecule has 4 N–H and O–H groups in total. The van der Waals surface area contributed by atoms with Crippen LogP contribution in [-0.4, -0.2) is 30.9 Å². The van der Waals surface area contributed by atoms with Crippen LogP contribution in [0.3, 0.4) is 0 Å². The predicted octanol–water partition coefficient (Wildman–Crippen LogP) is 1.03. The highest BCUT2D eigenvalue weighted by molar-refractivity contribution is 5.88. The van der Waals surface area contributed by atoms with Gasteiger partial charge >= 0.3 is 0 Å². The first-order valence-corrected chi connectivity index (χ1v) is 7.73. The number of nitrogens with two attached hydrogens (primary N) is 1. The van der Waals surface area contributed by atoms with Crippen LogP contribution < -0.4 is 16.4 Å². The fraction of sp³-hybridized carbons (Fsp3) is 0.867. The molecule has 0 bridgehead atoms. The van der Waals surface area contributed by atoms with Crippen LogP contribution in [0, 0.1) is 17.8 Å². The topological polar surface area (TPSA) is 84.2 Å². The first-order valence-electron chi connectivity index (χ1n) is 7.73. The number of nitrogens with one attached hydrogen (secondary N) is 2. The van der Waals surface area contributed by atoms with Gasteiger partial charge in [-0.15, -0.1) is 0 Å². The molecule has 1 aliphatic carbocycles. The highest BCUT2D eigenvalue weighted by Crippen LogP contribution is 2.29. The first-order chi connectivity index (χ1) is 9.45. The molecule has 1 aliphatic rings. The summed E-state index contributed by atoms with van der Waals surface area (Å²) < 4.78 is 0. The highest BCUT2D eigenvalue weighted by Gasteiger charge is 2.31. The summed E-state index contributed by atoms with van der Waals surface area (Å²) in [5.74, 6) is 0.491. The predicted molar refractivity (Wildman–Crippen MR) is 80.0 cm³/mol. The van der Waals surface area contributed by atoms with E-state index in [1.165, 1.54) is 0 Å². The molecule has 3 unspecified atom stereocenters. The van der Waals surface area contributed by atoms with Gasteiger partial charge in [0.1, 0.15) is 6.04 Å². The van der Waals surface area contributed by atoms with Crippen LogP contribution in [0.4, 0.5) is 0 Å². The molecule has 2 amide bonds. The van der Waals surface area contributed by atoms with Gasteiger partial charge in [-0.1, -0.05) is 26.7 Å². The Morgan fingerprint density at radius 3 is 2.45 bits per heavy atom. The molecule has 0 aromatic rings. The molecule has 1 fully saturated rings. The number of carbonyl (C=O) groups is 2. The van der Waals surface area contributed by atoms with Gasteiger partial charge in [-0.3, -0.25) is 9.59 Å². The lowest BCUT2D eigenvalue weighted by atomic mass is 9.78. The van der Waals surface area contributed by atoms with Gasteiger partial charge in [0.15, 0.2) is 0 Å². The van der Waals surface area contributed by atoms with Crippen molar-refractivity contribution in [2.75, 3.05) is 13.1 Å². The van der Waals surface area contributed by atoms with Gasteiger partial charge in [0.05, 0.1) is 0 Å². The summed E-state index contributed by atoms with van der Waals surface area (Å²) in [6, 6.07) is -0.485. The molecule has 1 saturated carbocycles. The van der Waals surface area contributed by atoms with Crippen molar-refractivity contribution in [1.82, 2.24) is 10.6 Å². The third-order valence-electron chi connectivity index (χ3n) is 3.99. The zero-order valence-electron chi connectivity index (χ0n) is 12.9. The summed E-state index contributed by atoms with van der Waals surface area (Å²) in [6.07, 6.45) is 4.12. The largest absolute Gasteiger partial charge is 0.354 e. The van der Waals surface area contributed by atoms with Crippen LogP contribution in [0.15, 0.2) is 0 Å². The van der Waals surface area contributed by atoms with Crippen molar-refractivity contribution >= 4 is 11.8 Å². The Morgan fingerprint density at radius 2 is 1.85 bits per heavy atom. The van der Waals surface area contributed by atoms with Crippen LogP contribution in [0.25, 0.3) is 0 Å². The smallest absolute Gasteiger partial charge is 0.242 e. The molecule has 0 saturated heterocycles. The van der Waals surface area contributed by atoms with Crippen molar-refractivity contribution in [3.8, 4) is 0 Å². The molecule has 3 atom stereocenters. The van der Waals surface area contributed by atoms with Gasteiger partial charge in [-0.05, 0) is 38.1 Å². The monoisotopic (exact) mass is 283 g/mol. The number of rotatable bonds is 6. The lowest BCUT2D eigenvalue weighted by Crippen LogP contribution is -2.49. The van der Waals surface area contributed by atoms with E-state index in [0.29, 0.717) is 19.0 Å². The van der Waals surface area contributed by atoms with Gasteiger partial charge in [-0.2, -0.15) is 0 Å². The van der Waals surface area contributed by atoms with E-state index in [0.717, 1.165) is 25.7 Å². The minimum atomic E-state index is -0.485. The van der Waals surface area contributed by atoms with Gasteiger partial charge in [0.2, 0.25) is 11.8 Å². The maximum absolute atomic E-state index is 12.3. The molecule has 0 aromatic heterocycles. The molecule has 0 radical (unpaired) electrons. The molecular formula is C15H29N3O2. The van der Waals surface area contributed by atoms with Crippen molar-refractivity contribution in [3.63, 3.8) is 0 Å². The van der Waals surface area contributed by atoms with Gasteiger partial charge in [0.25, 0.3) is 0 Å². The molecule has 0 spiro atoms. The van der Waals surface area contributed by atoms with E-state index < -0.39 is 6.04 Å². The van der Waals surface area contributed by atoms with Crippen molar-refractivity contribution in [2.45, 2.75) is 52.5 Å². The Morgan fingerprint density at radius 1 is 1.20 bits per heavy atom. The number of hydrogen-bond acceptors (Lipinski definition) is 3. The van der Waals surface area contributed by atoms with Gasteiger partial charge in [0, 0.05) is 12.5 Å². The summed E-state index contributed by atoms with van der Waals surface area (Å²) in [5, 5.41) is 5.67. The standard InChI is InChI=1S/C15H29N3O2/c1-10(2)9-17-14(19)11(3)18-15(20)13-7-5-4-6-12(13)8-16/h10-13H,4-9,16H2,1-3H3,(H,17,19)(H,18,20). The Hall–Kier alpha value is -1.10. The van der Waals surface area contributed by atoms with Crippen molar-refractivity contribution in [3.05, 3.63) is 0 Å². The van der Waals surface area contributed by atoms with Crippen molar-refractivity contribution < 1.29 is 9.59 Å². The van der Waals surface area contributed by atoms with Crippen LogP contribution in [0.5, 0.6) is 0 Å². The summed E-state index contributed by atoms with van der Waals surface area (Å²) in [4.78, 5) is 24.1. The van der Waals surface area contributed by atoms with Crippen LogP contribution in [0.2, 0.25) is 0 Å². The van der Waals surface area contributed by atoms with E-state index in [-0.39, 0.29) is 23.7 Å². The third-order valence-corrected chi connectivity index (χ3v) is 3.99. The Bertz CT molecular complexity index is 331. The maximum atomic E-state index is 12.3. The lowest BCUT2D eigenvalue weighted by Gasteiger charge is -2.30. The van der Waals surface area contributed by atoms with Crippen LogP contribution in [-0.2, 0) is 9.59 Å². The van der Waals surface area contributed by atoms with Crippen LogP contribution >= 0.6 is 0 Å². The molecule has 1 rings (SSSR count). The Labute approximate surface area is 122 Å². The normalized spacial score (nSPS) is 24.2. The second-order valence-corrected chi connectivity index (χ2v) is 6.26. The molecule has 0 aromatic carbocycles. The summed E-state index contributed by atoms with van der Waals surface area (Å²) >= 11 is 0. The van der Waals surface area contributed by atoms with E-state index in [1.807, 2.05) is 13.8 Å². The molecule has 0 aliphatic heterocycles. The molecule has 0 heterocycles. The molecular weight excluding hydrogens is 254 g/mol. The van der Waals surface area contributed by atoms with Gasteiger partial charge < -0.3 is 16.4 Å². The quantitative estimate of drug-likeness (QED) is 0.680. The van der Waals surface area contributed by atoms with E-state index in [2.05, 4.69) is 10.6 Å². The summed E-state index contributed by atoms with van der Waals surface area (Å²) in [5.41, 5.74) is 5.74. The van der Waals surface area contributed by atoms with E-state index in [4.69, 9.17) is 5.73 Å².